The summed E-state index contributed by atoms with van der Waals surface area (Å²) in [6.07, 6.45) is 4.20. The van der Waals surface area contributed by atoms with Gasteiger partial charge in [-0.05, 0) is 55.5 Å². The number of sulfonamides is 1. The number of hydrogen-bond donors (Lipinski definition) is 1. The Labute approximate surface area is 163 Å². The fraction of sp³-hybridized carbons (Fsp3) is 0.389. The van der Waals surface area contributed by atoms with Crippen LogP contribution < -0.4 is 9.62 Å². The van der Waals surface area contributed by atoms with Crippen LogP contribution >= 0.6 is 22.9 Å². The standard InChI is InChI=1S/C18H21ClN2O3S2/c1-2-21(26(23,24)15-9-7-13(19)8-10-15)16-11-12-25-17(16)18(22)20-14-5-3-4-6-14/h7-12,14H,2-6H2,1H3,(H,20,22). The molecule has 1 aromatic carbocycles. The molecule has 3 rings (SSSR count). The first-order chi connectivity index (χ1) is 12.4. The highest BCUT2D eigenvalue weighted by atomic mass is 35.5. The van der Waals surface area contributed by atoms with Crippen LogP contribution in [0.15, 0.2) is 40.6 Å². The van der Waals surface area contributed by atoms with Gasteiger partial charge in [0.25, 0.3) is 15.9 Å². The summed E-state index contributed by atoms with van der Waals surface area (Å²) in [5.41, 5.74) is 0.419. The van der Waals surface area contributed by atoms with E-state index in [4.69, 9.17) is 11.6 Å². The third-order valence-corrected chi connectivity index (χ3v) is 7.56. The predicted molar refractivity (Wildman–Crippen MR) is 106 cm³/mol. The van der Waals surface area contributed by atoms with Gasteiger partial charge in [-0.25, -0.2) is 8.42 Å². The number of nitrogens with one attached hydrogen (secondary N) is 1. The summed E-state index contributed by atoms with van der Waals surface area (Å²) < 4.78 is 27.4. The minimum Gasteiger partial charge on any atom is -0.349 e. The topological polar surface area (TPSA) is 66.5 Å². The highest BCUT2D eigenvalue weighted by Crippen LogP contribution is 2.31. The summed E-state index contributed by atoms with van der Waals surface area (Å²) in [5, 5.41) is 5.25. The summed E-state index contributed by atoms with van der Waals surface area (Å²) in [6.45, 7) is 1.98. The maximum absolute atomic E-state index is 13.0. The second-order valence-corrected chi connectivity index (χ2v) is 9.43. The van der Waals surface area contributed by atoms with Gasteiger partial charge in [-0.15, -0.1) is 11.3 Å². The molecule has 140 valence electrons. The normalized spacial score (nSPS) is 15.2. The molecule has 0 unspecified atom stereocenters. The Bertz CT molecular complexity index is 872. The summed E-state index contributed by atoms with van der Waals surface area (Å²) in [4.78, 5) is 13.2. The Kier molecular flexibility index (Phi) is 5.89. The Morgan fingerprint density at radius 1 is 1.23 bits per heavy atom. The molecular formula is C18H21ClN2O3S2. The summed E-state index contributed by atoms with van der Waals surface area (Å²) in [6, 6.07) is 7.91. The monoisotopic (exact) mass is 412 g/mol. The van der Waals surface area contributed by atoms with Gasteiger partial charge in [-0.2, -0.15) is 0 Å². The van der Waals surface area contributed by atoms with E-state index in [1.165, 1.54) is 27.8 Å². The predicted octanol–water partition coefficient (Wildman–Crippen LogP) is 4.29. The van der Waals surface area contributed by atoms with E-state index in [0.29, 0.717) is 15.6 Å². The number of nitrogens with zero attached hydrogens (tertiary/aromatic N) is 1. The smallest absolute Gasteiger partial charge is 0.264 e. The first kappa shape index (κ1) is 19.2. The van der Waals surface area contributed by atoms with Gasteiger partial charge in [0.1, 0.15) is 4.88 Å². The number of halogens is 1. The van der Waals surface area contributed by atoms with Gasteiger partial charge in [-0.3, -0.25) is 9.10 Å². The Hall–Kier alpha value is -1.57. The van der Waals surface area contributed by atoms with Crippen LogP contribution in [0.5, 0.6) is 0 Å². The molecule has 1 fully saturated rings. The van der Waals surface area contributed by atoms with Crippen LogP contribution in [-0.4, -0.2) is 26.9 Å². The van der Waals surface area contributed by atoms with Crippen molar-refractivity contribution in [3.8, 4) is 0 Å². The van der Waals surface area contributed by atoms with Crippen LogP contribution in [0.1, 0.15) is 42.3 Å². The van der Waals surface area contributed by atoms with Gasteiger partial charge in [0, 0.05) is 17.6 Å². The summed E-state index contributed by atoms with van der Waals surface area (Å²) in [5.74, 6) is -0.202. The minimum absolute atomic E-state index is 0.150. The molecule has 8 heteroatoms. The number of carbonyl (C=O) groups excluding carboxylic acids is 1. The molecule has 0 radical (unpaired) electrons. The maximum atomic E-state index is 13.0. The zero-order chi connectivity index (χ0) is 18.7. The van der Waals surface area contributed by atoms with Gasteiger partial charge in [0.2, 0.25) is 0 Å². The van der Waals surface area contributed by atoms with E-state index < -0.39 is 10.0 Å². The largest absolute Gasteiger partial charge is 0.349 e. The zero-order valence-corrected chi connectivity index (χ0v) is 16.8. The van der Waals surface area contributed by atoms with Gasteiger partial charge in [0.15, 0.2) is 0 Å². The molecule has 0 saturated heterocycles. The van der Waals surface area contributed by atoms with Crippen LogP contribution in [0, 0.1) is 0 Å². The number of benzene rings is 1. The Morgan fingerprint density at radius 2 is 1.88 bits per heavy atom. The first-order valence-corrected chi connectivity index (χ1v) is 11.3. The highest BCUT2D eigenvalue weighted by molar-refractivity contribution is 7.92. The number of hydrogen-bond acceptors (Lipinski definition) is 4. The lowest BCUT2D eigenvalue weighted by Crippen LogP contribution is -2.35. The molecule has 1 heterocycles. The van der Waals surface area contributed by atoms with Gasteiger partial charge < -0.3 is 5.32 Å². The fourth-order valence-corrected chi connectivity index (χ4v) is 5.66. The number of amides is 1. The number of carbonyl (C=O) groups is 1. The molecule has 26 heavy (non-hydrogen) atoms. The third kappa shape index (κ3) is 3.89. The van der Waals surface area contributed by atoms with E-state index in [1.54, 1.807) is 30.5 Å². The quantitative estimate of drug-likeness (QED) is 0.769. The molecule has 1 aliphatic carbocycles. The van der Waals surface area contributed by atoms with Gasteiger partial charge in [0.05, 0.1) is 10.6 Å². The first-order valence-electron chi connectivity index (χ1n) is 8.60. The number of rotatable bonds is 6. The molecule has 1 aliphatic rings. The average molecular weight is 413 g/mol. The van der Waals surface area contributed by atoms with Crippen molar-refractivity contribution in [2.24, 2.45) is 0 Å². The summed E-state index contributed by atoms with van der Waals surface area (Å²) >= 11 is 7.12. The Morgan fingerprint density at radius 3 is 2.50 bits per heavy atom. The van der Waals surface area contributed by atoms with Crippen LogP contribution in [0.2, 0.25) is 5.02 Å². The van der Waals surface area contributed by atoms with E-state index >= 15 is 0 Å². The molecule has 1 saturated carbocycles. The van der Waals surface area contributed by atoms with E-state index in [0.717, 1.165) is 25.7 Å². The van der Waals surface area contributed by atoms with Gasteiger partial charge >= 0.3 is 0 Å². The average Bonchev–Trinajstić information content (AvgIpc) is 3.27. The molecular weight excluding hydrogens is 392 g/mol. The van der Waals surface area contributed by atoms with E-state index in [2.05, 4.69) is 5.32 Å². The molecule has 0 spiro atoms. The molecule has 0 aliphatic heterocycles. The second-order valence-electron chi connectivity index (χ2n) is 6.21. The molecule has 1 N–H and O–H groups in total. The lowest BCUT2D eigenvalue weighted by atomic mass is 10.2. The van der Waals surface area contributed by atoms with Crippen LogP contribution in [0.25, 0.3) is 0 Å². The van der Waals surface area contributed by atoms with Crippen molar-refractivity contribution in [1.82, 2.24) is 5.32 Å². The third-order valence-electron chi connectivity index (χ3n) is 4.50. The fourth-order valence-electron chi connectivity index (χ4n) is 3.19. The molecule has 0 atom stereocenters. The summed E-state index contributed by atoms with van der Waals surface area (Å²) in [7, 11) is -3.77. The van der Waals surface area contributed by atoms with Crippen molar-refractivity contribution in [1.29, 1.82) is 0 Å². The Balaban J connectivity index is 1.90. The van der Waals surface area contributed by atoms with Gasteiger partial charge in [-0.1, -0.05) is 24.4 Å². The maximum Gasteiger partial charge on any atom is 0.264 e. The van der Waals surface area contributed by atoms with Crippen LogP contribution in [0.4, 0.5) is 5.69 Å². The highest BCUT2D eigenvalue weighted by Gasteiger charge is 2.29. The van der Waals surface area contributed by atoms with Crippen LogP contribution in [0.3, 0.4) is 0 Å². The SMILES string of the molecule is CCN(c1ccsc1C(=O)NC1CCCC1)S(=O)(=O)c1ccc(Cl)cc1. The lowest BCUT2D eigenvalue weighted by Gasteiger charge is -2.23. The van der Waals surface area contributed by atoms with Crippen molar-refractivity contribution >= 4 is 44.6 Å². The molecule has 1 amide bonds. The van der Waals surface area contributed by atoms with E-state index in [-0.39, 0.29) is 23.4 Å². The van der Waals surface area contributed by atoms with Crippen molar-refractivity contribution < 1.29 is 13.2 Å². The minimum atomic E-state index is -3.77. The second kappa shape index (κ2) is 7.98. The molecule has 5 nitrogen and oxygen atoms in total. The van der Waals surface area contributed by atoms with E-state index in [1.807, 2.05) is 0 Å². The number of anilines is 1. The molecule has 0 bridgehead atoms. The van der Waals surface area contributed by atoms with Crippen LogP contribution in [-0.2, 0) is 10.0 Å². The lowest BCUT2D eigenvalue weighted by molar-refractivity contribution is 0.0942. The molecule has 1 aromatic heterocycles. The van der Waals surface area contributed by atoms with E-state index in [9.17, 15) is 13.2 Å². The van der Waals surface area contributed by atoms with Crippen molar-refractivity contribution in [3.63, 3.8) is 0 Å². The van der Waals surface area contributed by atoms with Crippen molar-refractivity contribution in [3.05, 3.63) is 45.6 Å². The number of thiophene rings is 1. The van der Waals surface area contributed by atoms with Crippen molar-refractivity contribution in [2.45, 2.75) is 43.5 Å². The molecule has 2 aromatic rings. The zero-order valence-electron chi connectivity index (χ0n) is 14.4. The van der Waals surface area contributed by atoms with Crippen molar-refractivity contribution in [2.75, 3.05) is 10.8 Å².